The summed E-state index contributed by atoms with van der Waals surface area (Å²) in [7, 11) is -3.12. The number of ether oxygens (including phenoxy) is 1. The smallest absolute Gasteiger partial charge is 0.463 e. The van der Waals surface area contributed by atoms with Gasteiger partial charge in [-0.1, -0.05) is 0 Å². The van der Waals surface area contributed by atoms with E-state index < -0.39 is 19.6 Å². The first-order valence-corrected chi connectivity index (χ1v) is 4.86. The first-order valence-electron chi connectivity index (χ1n) is 3.37. The first kappa shape index (κ1) is 12.2. The highest BCUT2D eigenvalue weighted by Crippen LogP contribution is 2.45. The quantitative estimate of drug-likeness (QED) is 0.313. The topological polar surface area (TPSA) is 82.1 Å². The predicted molar refractivity (Wildman–Crippen MR) is 43.7 cm³/mol. The van der Waals surface area contributed by atoms with Gasteiger partial charge in [0.25, 0.3) is 0 Å². The van der Waals surface area contributed by atoms with Gasteiger partial charge < -0.3 is 9.26 Å². The van der Waals surface area contributed by atoms with Crippen LogP contribution < -0.4 is 0 Å². The van der Waals surface area contributed by atoms with Crippen molar-refractivity contribution in [3.05, 3.63) is 12.3 Å². The van der Waals surface area contributed by atoms with Gasteiger partial charge in [-0.3, -0.25) is 9.42 Å². The van der Waals surface area contributed by atoms with Gasteiger partial charge in [-0.25, -0.2) is 9.36 Å². The van der Waals surface area contributed by atoms with Crippen LogP contribution in [0.3, 0.4) is 0 Å². The van der Waals surface area contributed by atoms with Crippen LogP contribution >= 0.6 is 7.82 Å². The van der Waals surface area contributed by atoms with Crippen LogP contribution in [0.15, 0.2) is 12.3 Å². The zero-order chi connectivity index (χ0) is 10.5. The van der Waals surface area contributed by atoms with Crippen LogP contribution in [0, 0.1) is 0 Å². The Morgan fingerprint density at radius 3 is 2.54 bits per heavy atom. The van der Waals surface area contributed by atoms with Gasteiger partial charge in [0.2, 0.25) is 5.76 Å². The molecule has 76 valence electrons. The van der Waals surface area contributed by atoms with E-state index in [0.29, 0.717) is 0 Å². The number of hydrogen-bond acceptors (Lipinski definition) is 5. The maximum Gasteiger partial charge on any atom is 0.527 e. The summed E-state index contributed by atoms with van der Waals surface area (Å²) in [6.45, 7) is 4.58. The van der Waals surface area contributed by atoms with E-state index in [0.717, 1.165) is 7.11 Å². The van der Waals surface area contributed by atoms with Crippen molar-refractivity contribution in [2.24, 2.45) is 0 Å². The summed E-state index contributed by atoms with van der Waals surface area (Å²) in [5, 5.41) is 0. The van der Waals surface area contributed by atoms with Crippen molar-refractivity contribution in [1.29, 1.82) is 0 Å². The number of esters is 1. The third-order valence-corrected chi connectivity index (χ3v) is 1.97. The molecule has 0 aliphatic carbocycles. The number of phosphoric acid groups is 1. The molecule has 7 heteroatoms. The number of carbonyl (C=O) groups is 1. The van der Waals surface area contributed by atoms with Crippen LogP contribution in [0.1, 0.15) is 6.92 Å². The molecule has 0 aliphatic rings. The molecular formula is C6H11O6P. The van der Waals surface area contributed by atoms with E-state index in [1.54, 1.807) is 0 Å². The summed E-state index contributed by atoms with van der Waals surface area (Å²) in [5.41, 5.74) is 0. The molecule has 0 saturated heterocycles. The highest BCUT2D eigenvalue weighted by atomic mass is 31.2. The van der Waals surface area contributed by atoms with Crippen LogP contribution in [-0.4, -0.2) is 24.6 Å². The third-order valence-electron chi connectivity index (χ3n) is 0.931. The molecule has 0 rings (SSSR count). The van der Waals surface area contributed by atoms with Crippen LogP contribution in [-0.2, 0) is 23.1 Å². The minimum Gasteiger partial charge on any atom is -0.463 e. The number of phosphoric ester groups is 1. The molecule has 0 aromatic rings. The van der Waals surface area contributed by atoms with Gasteiger partial charge in [0.05, 0.1) is 13.7 Å². The van der Waals surface area contributed by atoms with Crippen LogP contribution in [0.4, 0.5) is 0 Å². The molecule has 0 aromatic carbocycles. The lowest BCUT2D eigenvalue weighted by Crippen LogP contribution is -2.06. The zero-order valence-corrected chi connectivity index (χ0v) is 8.24. The van der Waals surface area contributed by atoms with E-state index in [2.05, 4.69) is 20.4 Å². The predicted octanol–water partition coefficient (Wildman–Crippen LogP) is 0.827. The number of methoxy groups -OCH3 is 1. The number of rotatable bonds is 5. The summed E-state index contributed by atoms with van der Waals surface area (Å²) in [6, 6.07) is 0. The van der Waals surface area contributed by atoms with E-state index in [1.165, 1.54) is 6.92 Å². The van der Waals surface area contributed by atoms with E-state index in [4.69, 9.17) is 4.89 Å². The molecule has 0 saturated carbocycles. The lowest BCUT2D eigenvalue weighted by molar-refractivity contribution is -0.138. The minimum atomic E-state index is -4.22. The molecule has 0 aliphatic heterocycles. The molecule has 0 radical (unpaired) electrons. The lowest BCUT2D eigenvalue weighted by atomic mass is 10.6. The minimum absolute atomic E-state index is 0.0117. The largest absolute Gasteiger partial charge is 0.527 e. The lowest BCUT2D eigenvalue weighted by Gasteiger charge is -2.11. The Morgan fingerprint density at radius 2 is 2.15 bits per heavy atom. The molecule has 13 heavy (non-hydrogen) atoms. The first-order chi connectivity index (χ1) is 5.93. The third kappa shape index (κ3) is 4.67. The number of hydrogen-bond donors (Lipinski definition) is 1. The van der Waals surface area contributed by atoms with Gasteiger partial charge in [0, 0.05) is 0 Å². The highest BCUT2D eigenvalue weighted by molar-refractivity contribution is 7.47. The maximum absolute atomic E-state index is 10.9. The Bertz CT molecular complexity index is 248. The standard InChI is InChI=1S/C6H11O6P/c1-4-11-13(8,9)12-5(2)6(7)10-3/h2,4H2,1,3H3,(H,8,9). The van der Waals surface area contributed by atoms with Crippen molar-refractivity contribution >= 4 is 13.8 Å². The Hall–Kier alpha value is -0.840. The second-order valence-corrected chi connectivity index (χ2v) is 3.27. The van der Waals surface area contributed by atoms with E-state index >= 15 is 0 Å². The van der Waals surface area contributed by atoms with Crippen LogP contribution in [0.2, 0.25) is 0 Å². The van der Waals surface area contributed by atoms with Gasteiger partial charge in [-0.2, -0.15) is 0 Å². The zero-order valence-electron chi connectivity index (χ0n) is 7.35. The molecule has 1 N–H and O–H groups in total. The molecule has 0 spiro atoms. The fourth-order valence-electron chi connectivity index (χ4n) is 0.480. The van der Waals surface area contributed by atoms with E-state index in [9.17, 15) is 9.36 Å². The highest BCUT2D eigenvalue weighted by Gasteiger charge is 2.25. The summed E-state index contributed by atoms with van der Waals surface area (Å²) >= 11 is 0. The molecule has 0 bridgehead atoms. The average Bonchev–Trinajstić information content (AvgIpc) is 2.01. The van der Waals surface area contributed by atoms with Crippen molar-refractivity contribution in [2.75, 3.05) is 13.7 Å². The molecule has 1 atom stereocenters. The van der Waals surface area contributed by atoms with Crippen molar-refractivity contribution in [2.45, 2.75) is 6.92 Å². The van der Waals surface area contributed by atoms with Crippen molar-refractivity contribution in [3.8, 4) is 0 Å². The van der Waals surface area contributed by atoms with Crippen LogP contribution in [0.5, 0.6) is 0 Å². The summed E-state index contributed by atoms with van der Waals surface area (Å²) in [5.74, 6) is -1.49. The normalized spacial score (nSPS) is 14.4. The van der Waals surface area contributed by atoms with Crippen molar-refractivity contribution < 1.29 is 28.0 Å². The van der Waals surface area contributed by atoms with Gasteiger partial charge in [-0.05, 0) is 13.5 Å². The summed E-state index contributed by atoms with van der Waals surface area (Å²) in [4.78, 5) is 19.5. The Balaban J connectivity index is 4.20. The van der Waals surface area contributed by atoms with Crippen LogP contribution in [0.25, 0.3) is 0 Å². The van der Waals surface area contributed by atoms with Crippen molar-refractivity contribution in [3.63, 3.8) is 0 Å². The molecule has 0 amide bonds. The molecule has 0 heterocycles. The molecule has 6 nitrogen and oxygen atoms in total. The van der Waals surface area contributed by atoms with Gasteiger partial charge >= 0.3 is 13.8 Å². The van der Waals surface area contributed by atoms with Gasteiger partial charge in [0.1, 0.15) is 0 Å². The number of carbonyl (C=O) groups excluding carboxylic acids is 1. The van der Waals surface area contributed by atoms with Gasteiger partial charge in [-0.15, -0.1) is 0 Å². The van der Waals surface area contributed by atoms with Crippen molar-refractivity contribution in [1.82, 2.24) is 0 Å². The molecule has 0 aromatic heterocycles. The fourth-order valence-corrected chi connectivity index (χ4v) is 1.21. The fraction of sp³-hybridized carbons (Fsp3) is 0.500. The summed E-state index contributed by atoms with van der Waals surface area (Å²) < 4.78 is 23.6. The van der Waals surface area contributed by atoms with E-state index in [1.807, 2.05) is 0 Å². The average molecular weight is 210 g/mol. The van der Waals surface area contributed by atoms with Gasteiger partial charge in [0.15, 0.2) is 0 Å². The maximum atomic E-state index is 10.9. The second-order valence-electron chi connectivity index (χ2n) is 1.89. The SMILES string of the molecule is C=C(OP(=O)(O)OCC)C(=O)OC. The Morgan fingerprint density at radius 1 is 1.62 bits per heavy atom. The molecule has 0 fully saturated rings. The van der Waals surface area contributed by atoms with E-state index in [-0.39, 0.29) is 6.61 Å². The Labute approximate surface area is 75.7 Å². The summed E-state index contributed by atoms with van der Waals surface area (Å²) in [6.07, 6.45) is 0. The molecular weight excluding hydrogens is 199 g/mol. The Kier molecular flexibility index (Phi) is 4.69. The molecule has 1 unspecified atom stereocenters. The monoisotopic (exact) mass is 210 g/mol. The second kappa shape index (κ2) is 5.01.